The average Bonchev–Trinajstić information content (AvgIpc) is 3.12. The summed E-state index contributed by atoms with van der Waals surface area (Å²) in [7, 11) is 1.75. The zero-order valence-corrected chi connectivity index (χ0v) is 13.6. The van der Waals surface area contributed by atoms with Crippen molar-refractivity contribution in [2.24, 2.45) is 0 Å². The molecule has 0 saturated heterocycles. The Labute approximate surface area is 132 Å². The second-order valence-corrected chi connectivity index (χ2v) is 6.60. The molecule has 22 heavy (non-hydrogen) atoms. The van der Waals surface area contributed by atoms with Crippen LogP contribution in [0.2, 0.25) is 0 Å². The van der Waals surface area contributed by atoms with Crippen molar-refractivity contribution in [2.75, 3.05) is 7.05 Å². The average molecular weight is 315 g/mol. The van der Waals surface area contributed by atoms with E-state index in [1.165, 1.54) is 11.3 Å². The van der Waals surface area contributed by atoms with Gasteiger partial charge >= 0.3 is 0 Å². The predicted octanol–water partition coefficient (Wildman–Crippen LogP) is 3.68. The smallest absolute Gasteiger partial charge is 0.264 e. The SMILES string of the molecule is CC(C)c1nc(CN(C)C(=O)c2cc3ccccc3s2)no1. The minimum atomic E-state index is -0.0305. The van der Waals surface area contributed by atoms with Crippen molar-refractivity contribution in [1.82, 2.24) is 15.0 Å². The number of carbonyl (C=O) groups is 1. The third kappa shape index (κ3) is 2.87. The molecule has 0 N–H and O–H groups in total. The van der Waals surface area contributed by atoms with E-state index in [-0.39, 0.29) is 11.8 Å². The first kappa shape index (κ1) is 14.7. The van der Waals surface area contributed by atoms with E-state index in [1.54, 1.807) is 11.9 Å². The minimum Gasteiger partial charge on any atom is -0.339 e. The Morgan fingerprint density at radius 2 is 2.14 bits per heavy atom. The number of aromatic nitrogens is 2. The highest BCUT2D eigenvalue weighted by atomic mass is 32.1. The van der Waals surface area contributed by atoms with Crippen LogP contribution in [0.25, 0.3) is 10.1 Å². The molecule has 1 amide bonds. The first-order valence-corrected chi connectivity index (χ1v) is 7.93. The van der Waals surface area contributed by atoms with Gasteiger partial charge in [-0.15, -0.1) is 11.3 Å². The summed E-state index contributed by atoms with van der Waals surface area (Å²) in [6.45, 7) is 4.32. The molecule has 0 aliphatic rings. The molecule has 2 aromatic heterocycles. The maximum Gasteiger partial charge on any atom is 0.264 e. The van der Waals surface area contributed by atoms with Crippen LogP contribution in [0.3, 0.4) is 0 Å². The van der Waals surface area contributed by atoms with Crippen LogP contribution in [0.1, 0.15) is 41.2 Å². The molecule has 0 aliphatic carbocycles. The highest BCUT2D eigenvalue weighted by Gasteiger charge is 2.18. The van der Waals surface area contributed by atoms with Crippen LogP contribution in [-0.2, 0) is 6.54 Å². The Kier molecular flexibility index (Phi) is 3.94. The Morgan fingerprint density at radius 1 is 1.36 bits per heavy atom. The Balaban J connectivity index is 1.75. The molecule has 2 heterocycles. The molecule has 0 unspecified atom stereocenters. The van der Waals surface area contributed by atoms with Gasteiger partial charge in [-0.25, -0.2) is 0 Å². The van der Waals surface area contributed by atoms with Gasteiger partial charge in [0.2, 0.25) is 5.89 Å². The maximum atomic E-state index is 12.5. The molecule has 0 saturated carbocycles. The van der Waals surface area contributed by atoms with E-state index in [0.29, 0.717) is 18.3 Å². The topological polar surface area (TPSA) is 59.2 Å². The number of hydrogen-bond acceptors (Lipinski definition) is 5. The molecular weight excluding hydrogens is 298 g/mol. The molecule has 0 fully saturated rings. The lowest BCUT2D eigenvalue weighted by Gasteiger charge is -2.13. The molecule has 3 rings (SSSR count). The van der Waals surface area contributed by atoms with Crippen LogP contribution in [0.5, 0.6) is 0 Å². The summed E-state index contributed by atoms with van der Waals surface area (Å²) >= 11 is 1.50. The molecule has 5 nitrogen and oxygen atoms in total. The molecule has 6 heteroatoms. The quantitative estimate of drug-likeness (QED) is 0.737. The number of hydrogen-bond donors (Lipinski definition) is 0. The maximum absolute atomic E-state index is 12.5. The van der Waals surface area contributed by atoms with E-state index in [0.717, 1.165) is 15.0 Å². The van der Waals surface area contributed by atoms with Crippen molar-refractivity contribution in [1.29, 1.82) is 0 Å². The lowest BCUT2D eigenvalue weighted by molar-refractivity contribution is 0.0785. The molecule has 3 aromatic rings. The fourth-order valence-electron chi connectivity index (χ4n) is 2.13. The molecule has 0 radical (unpaired) electrons. The van der Waals surface area contributed by atoms with Gasteiger partial charge in [0, 0.05) is 17.7 Å². The second-order valence-electron chi connectivity index (χ2n) is 5.51. The molecule has 0 bridgehead atoms. The number of thiophene rings is 1. The normalized spacial score (nSPS) is 11.3. The number of fused-ring (bicyclic) bond motifs is 1. The highest BCUT2D eigenvalue weighted by molar-refractivity contribution is 7.20. The highest BCUT2D eigenvalue weighted by Crippen LogP contribution is 2.26. The number of benzene rings is 1. The van der Waals surface area contributed by atoms with E-state index in [9.17, 15) is 4.79 Å². The van der Waals surface area contributed by atoms with Gasteiger partial charge in [0.1, 0.15) is 0 Å². The van der Waals surface area contributed by atoms with Crippen LogP contribution < -0.4 is 0 Å². The first-order valence-electron chi connectivity index (χ1n) is 7.11. The summed E-state index contributed by atoms with van der Waals surface area (Å²) in [6, 6.07) is 9.90. The van der Waals surface area contributed by atoms with Crippen molar-refractivity contribution in [3.63, 3.8) is 0 Å². The van der Waals surface area contributed by atoms with E-state index < -0.39 is 0 Å². The summed E-state index contributed by atoms with van der Waals surface area (Å²) < 4.78 is 6.28. The van der Waals surface area contributed by atoms with Gasteiger partial charge in [0.15, 0.2) is 5.82 Å². The van der Waals surface area contributed by atoms with E-state index in [1.807, 2.05) is 44.2 Å². The van der Waals surface area contributed by atoms with Crippen LogP contribution in [0.15, 0.2) is 34.9 Å². The largest absolute Gasteiger partial charge is 0.339 e. The second kappa shape index (κ2) is 5.88. The molecule has 0 aliphatic heterocycles. The van der Waals surface area contributed by atoms with E-state index in [4.69, 9.17) is 4.52 Å². The number of carbonyl (C=O) groups excluding carboxylic acids is 1. The molecular formula is C16H17N3O2S. The predicted molar refractivity (Wildman–Crippen MR) is 86.0 cm³/mol. The minimum absolute atomic E-state index is 0.0305. The monoisotopic (exact) mass is 315 g/mol. The molecule has 1 aromatic carbocycles. The van der Waals surface area contributed by atoms with Crippen molar-refractivity contribution in [3.05, 3.63) is 46.9 Å². The van der Waals surface area contributed by atoms with Gasteiger partial charge < -0.3 is 9.42 Å². The standard InChI is InChI=1S/C16H17N3O2S/c1-10(2)15-17-14(18-21-15)9-19(3)16(20)13-8-11-6-4-5-7-12(11)22-13/h4-8,10H,9H2,1-3H3. The Hall–Kier alpha value is -2.21. The summed E-state index contributed by atoms with van der Waals surface area (Å²) in [5, 5.41) is 5.01. The molecule has 0 atom stereocenters. The third-order valence-corrected chi connectivity index (χ3v) is 4.44. The van der Waals surface area contributed by atoms with Crippen LogP contribution in [0.4, 0.5) is 0 Å². The van der Waals surface area contributed by atoms with Gasteiger partial charge in [0.25, 0.3) is 5.91 Å². The third-order valence-electron chi connectivity index (χ3n) is 3.34. The Bertz CT molecular complexity index is 773. The number of amides is 1. The summed E-state index contributed by atoms with van der Waals surface area (Å²) in [5.41, 5.74) is 0. The zero-order valence-electron chi connectivity index (χ0n) is 12.7. The van der Waals surface area contributed by atoms with Crippen molar-refractivity contribution in [2.45, 2.75) is 26.3 Å². The van der Waals surface area contributed by atoms with Crippen LogP contribution in [-0.4, -0.2) is 28.0 Å². The summed E-state index contributed by atoms with van der Waals surface area (Å²) in [5.74, 6) is 1.28. The molecule has 0 spiro atoms. The van der Waals surface area contributed by atoms with Crippen LogP contribution >= 0.6 is 11.3 Å². The lowest BCUT2D eigenvalue weighted by Crippen LogP contribution is -2.25. The first-order chi connectivity index (χ1) is 10.5. The Morgan fingerprint density at radius 3 is 2.82 bits per heavy atom. The zero-order chi connectivity index (χ0) is 15.7. The van der Waals surface area contributed by atoms with Gasteiger partial charge in [0.05, 0.1) is 11.4 Å². The number of nitrogens with zero attached hydrogens (tertiary/aromatic N) is 3. The van der Waals surface area contributed by atoms with Crippen molar-refractivity contribution >= 4 is 27.3 Å². The van der Waals surface area contributed by atoms with Crippen molar-refractivity contribution in [3.8, 4) is 0 Å². The van der Waals surface area contributed by atoms with Gasteiger partial charge in [-0.1, -0.05) is 37.2 Å². The van der Waals surface area contributed by atoms with E-state index >= 15 is 0 Å². The van der Waals surface area contributed by atoms with Crippen LogP contribution in [0, 0.1) is 0 Å². The van der Waals surface area contributed by atoms with Gasteiger partial charge in [-0.05, 0) is 17.5 Å². The molecule has 114 valence electrons. The lowest BCUT2D eigenvalue weighted by atomic mass is 10.2. The van der Waals surface area contributed by atoms with Crippen molar-refractivity contribution < 1.29 is 9.32 Å². The summed E-state index contributed by atoms with van der Waals surface area (Å²) in [4.78, 5) is 19.1. The van der Waals surface area contributed by atoms with Gasteiger partial charge in [-0.2, -0.15) is 4.98 Å². The number of rotatable bonds is 4. The van der Waals surface area contributed by atoms with Gasteiger partial charge in [-0.3, -0.25) is 4.79 Å². The fraction of sp³-hybridized carbons (Fsp3) is 0.312. The summed E-state index contributed by atoms with van der Waals surface area (Å²) in [6.07, 6.45) is 0. The van der Waals surface area contributed by atoms with E-state index in [2.05, 4.69) is 10.1 Å². The fourth-order valence-corrected chi connectivity index (χ4v) is 3.18.